The predicted octanol–water partition coefficient (Wildman–Crippen LogP) is 5.43. The number of nitrogens with zero attached hydrogens (tertiary/aromatic N) is 3. The standard InChI is InChI=1S/C21H18F4N4O2S/c1-31-16-9-15(32-29-16)20(30)28-19-17(11-4-6-21(24,25)7-5-11)26-10-27-18(19)13-8-12(22)2-3-14(13)23/h2-3,8-11H,4-7H2,1H3,(H,28,30). The molecule has 11 heteroatoms. The summed E-state index contributed by atoms with van der Waals surface area (Å²) in [6, 6.07) is 4.30. The molecule has 1 aromatic carbocycles. The van der Waals surface area contributed by atoms with Crippen molar-refractivity contribution in [3.8, 4) is 17.1 Å². The first-order chi connectivity index (χ1) is 15.3. The van der Waals surface area contributed by atoms with Crippen molar-refractivity contribution in [1.29, 1.82) is 0 Å². The molecule has 1 aliphatic rings. The van der Waals surface area contributed by atoms with Gasteiger partial charge in [0, 0.05) is 30.4 Å². The van der Waals surface area contributed by atoms with Crippen LogP contribution in [0.25, 0.3) is 11.3 Å². The number of halogens is 4. The van der Waals surface area contributed by atoms with E-state index in [0.717, 1.165) is 36.1 Å². The zero-order valence-electron chi connectivity index (χ0n) is 16.9. The van der Waals surface area contributed by atoms with Crippen molar-refractivity contribution >= 4 is 23.1 Å². The Hall–Kier alpha value is -3.08. The molecule has 0 aliphatic heterocycles. The van der Waals surface area contributed by atoms with Crippen molar-refractivity contribution in [2.24, 2.45) is 0 Å². The van der Waals surface area contributed by atoms with Crippen LogP contribution in [0.4, 0.5) is 23.2 Å². The average Bonchev–Trinajstić information content (AvgIpc) is 3.25. The van der Waals surface area contributed by atoms with E-state index in [1.54, 1.807) is 0 Å². The first-order valence-corrected chi connectivity index (χ1v) is 10.5. The number of benzene rings is 1. The third-order valence-corrected chi connectivity index (χ3v) is 6.10. The molecule has 1 fully saturated rings. The van der Waals surface area contributed by atoms with Gasteiger partial charge in [0.15, 0.2) is 0 Å². The zero-order chi connectivity index (χ0) is 22.9. The molecular weight excluding hydrogens is 448 g/mol. The summed E-state index contributed by atoms with van der Waals surface area (Å²) in [6.07, 6.45) is 0.765. The SMILES string of the molecule is COc1cc(C(=O)Nc2c(-c3cc(F)ccc3F)ncnc2C2CCC(F)(F)CC2)sn1. The largest absolute Gasteiger partial charge is 0.480 e. The molecule has 32 heavy (non-hydrogen) atoms. The molecule has 4 rings (SSSR count). The van der Waals surface area contributed by atoms with Crippen LogP contribution < -0.4 is 10.1 Å². The Morgan fingerprint density at radius 3 is 2.62 bits per heavy atom. The number of methoxy groups -OCH3 is 1. The third-order valence-electron chi connectivity index (χ3n) is 5.32. The average molecular weight is 466 g/mol. The van der Waals surface area contributed by atoms with E-state index < -0.39 is 29.4 Å². The molecule has 168 valence electrons. The van der Waals surface area contributed by atoms with Crippen molar-refractivity contribution in [2.45, 2.75) is 37.5 Å². The summed E-state index contributed by atoms with van der Waals surface area (Å²) in [7, 11) is 1.41. The van der Waals surface area contributed by atoms with Gasteiger partial charge in [-0.3, -0.25) is 4.79 Å². The van der Waals surface area contributed by atoms with Crippen molar-refractivity contribution in [3.05, 3.63) is 52.8 Å². The number of carbonyl (C=O) groups is 1. The van der Waals surface area contributed by atoms with Gasteiger partial charge < -0.3 is 10.1 Å². The maximum atomic E-state index is 14.6. The molecule has 0 spiro atoms. The number of amides is 1. The highest BCUT2D eigenvalue weighted by atomic mass is 32.1. The summed E-state index contributed by atoms with van der Waals surface area (Å²) in [5.41, 5.74) is 0.157. The molecule has 1 aliphatic carbocycles. The second kappa shape index (κ2) is 8.81. The molecule has 1 saturated carbocycles. The van der Waals surface area contributed by atoms with Crippen molar-refractivity contribution in [1.82, 2.24) is 14.3 Å². The van der Waals surface area contributed by atoms with Crippen LogP contribution in [0.5, 0.6) is 5.88 Å². The number of hydrogen-bond donors (Lipinski definition) is 1. The fraction of sp³-hybridized carbons (Fsp3) is 0.333. The van der Waals surface area contributed by atoms with Gasteiger partial charge >= 0.3 is 0 Å². The molecule has 1 N–H and O–H groups in total. The number of ether oxygens (including phenoxy) is 1. The predicted molar refractivity (Wildman–Crippen MR) is 110 cm³/mol. The van der Waals surface area contributed by atoms with Crippen LogP contribution in [0.1, 0.15) is 47.0 Å². The van der Waals surface area contributed by atoms with E-state index in [-0.39, 0.29) is 53.4 Å². The number of nitrogens with one attached hydrogen (secondary N) is 1. The number of aromatic nitrogens is 3. The first kappa shape index (κ1) is 22.1. The zero-order valence-corrected chi connectivity index (χ0v) is 17.7. The van der Waals surface area contributed by atoms with Gasteiger partial charge in [-0.2, -0.15) is 4.37 Å². The van der Waals surface area contributed by atoms with Gasteiger partial charge in [-0.1, -0.05) is 0 Å². The second-order valence-electron chi connectivity index (χ2n) is 7.42. The van der Waals surface area contributed by atoms with E-state index in [1.807, 2.05) is 0 Å². The minimum atomic E-state index is -2.76. The first-order valence-electron chi connectivity index (χ1n) is 9.77. The summed E-state index contributed by atoms with van der Waals surface area (Å²) in [5.74, 6) is -4.94. The highest BCUT2D eigenvalue weighted by Gasteiger charge is 2.37. The normalized spacial score (nSPS) is 16.0. The van der Waals surface area contributed by atoms with Crippen LogP contribution in [0.2, 0.25) is 0 Å². The Balaban J connectivity index is 1.78. The van der Waals surface area contributed by atoms with Crippen molar-refractivity contribution in [2.75, 3.05) is 12.4 Å². The number of hydrogen-bond acceptors (Lipinski definition) is 6. The molecule has 6 nitrogen and oxygen atoms in total. The summed E-state index contributed by atoms with van der Waals surface area (Å²) < 4.78 is 64.8. The lowest BCUT2D eigenvalue weighted by Crippen LogP contribution is -2.25. The quantitative estimate of drug-likeness (QED) is 0.508. The van der Waals surface area contributed by atoms with Crippen LogP contribution in [0.15, 0.2) is 30.6 Å². The topological polar surface area (TPSA) is 77.0 Å². The van der Waals surface area contributed by atoms with Crippen LogP contribution in [-0.4, -0.2) is 33.3 Å². The number of rotatable bonds is 5. The lowest BCUT2D eigenvalue weighted by atomic mass is 9.83. The third kappa shape index (κ3) is 4.57. The van der Waals surface area contributed by atoms with Gasteiger partial charge in [-0.15, -0.1) is 0 Å². The van der Waals surface area contributed by atoms with Crippen LogP contribution in [0.3, 0.4) is 0 Å². The maximum absolute atomic E-state index is 14.6. The molecular formula is C21H18F4N4O2S. The second-order valence-corrected chi connectivity index (χ2v) is 8.23. The Morgan fingerprint density at radius 2 is 1.94 bits per heavy atom. The van der Waals surface area contributed by atoms with Gasteiger partial charge in [-0.05, 0) is 42.6 Å². The van der Waals surface area contributed by atoms with Gasteiger partial charge in [-0.25, -0.2) is 27.5 Å². The Kier molecular flexibility index (Phi) is 6.09. The van der Waals surface area contributed by atoms with E-state index in [4.69, 9.17) is 4.74 Å². The summed E-state index contributed by atoms with van der Waals surface area (Å²) in [5, 5.41) is 2.67. The van der Waals surface area contributed by atoms with Crippen LogP contribution in [-0.2, 0) is 0 Å². The Bertz CT molecular complexity index is 1140. The minimum absolute atomic E-state index is 0.0332. The molecule has 0 unspecified atom stereocenters. The molecule has 0 atom stereocenters. The lowest BCUT2D eigenvalue weighted by molar-refractivity contribution is -0.0384. The van der Waals surface area contributed by atoms with E-state index in [9.17, 15) is 22.4 Å². The Labute approximate surface area is 184 Å². The smallest absolute Gasteiger partial charge is 0.267 e. The monoisotopic (exact) mass is 466 g/mol. The van der Waals surface area contributed by atoms with E-state index in [0.29, 0.717) is 5.69 Å². The van der Waals surface area contributed by atoms with Crippen molar-refractivity contribution < 1.29 is 27.1 Å². The van der Waals surface area contributed by atoms with Gasteiger partial charge in [0.05, 0.1) is 18.5 Å². The summed E-state index contributed by atoms with van der Waals surface area (Å²) >= 11 is 0.889. The highest BCUT2D eigenvalue weighted by Crippen LogP contribution is 2.44. The highest BCUT2D eigenvalue weighted by molar-refractivity contribution is 7.08. The fourth-order valence-electron chi connectivity index (χ4n) is 3.67. The van der Waals surface area contributed by atoms with Crippen LogP contribution in [0, 0.1) is 11.6 Å². The number of alkyl halides is 2. The molecule has 3 aromatic rings. The molecule has 1 amide bonds. The minimum Gasteiger partial charge on any atom is -0.480 e. The molecule has 0 bridgehead atoms. The van der Waals surface area contributed by atoms with Crippen LogP contribution >= 0.6 is 11.5 Å². The fourth-order valence-corrected chi connectivity index (χ4v) is 4.27. The molecule has 0 saturated heterocycles. The van der Waals surface area contributed by atoms with Gasteiger partial charge in [0.1, 0.15) is 28.5 Å². The molecule has 2 heterocycles. The number of carbonyl (C=O) groups excluding carboxylic acids is 1. The molecule has 2 aromatic heterocycles. The summed E-state index contributed by atoms with van der Waals surface area (Å²) in [6.45, 7) is 0. The van der Waals surface area contributed by atoms with E-state index >= 15 is 0 Å². The maximum Gasteiger partial charge on any atom is 0.267 e. The van der Waals surface area contributed by atoms with Crippen molar-refractivity contribution in [3.63, 3.8) is 0 Å². The molecule has 0 radical (unpaired) electrons. The lowest BCUT2D eigenvalue weighted by Gasteiger charge is -2.29. The van der Waals surface area contributed by atoms with Gasteiger partial charge in [0.2, 0.25) is 11.8 Å². The van der Waals surface area contributed by atoms with E-state index in [2.05, 4.69) is 19.7 Å². The Morgan fingerprint density at radius 1 is 1.19 bits per heavy atom. The van der Waals surface area contributed by atoms with Gasteiger partial charge in [0.25, 0.3) is 5.91 Å². The summed E-state index contributed by atoms with van der Waals surface area (Å²) in [4.78, 5) is 21.4. The van der Waals surface area contributed by atoms with E-state index in [1.165, 1.54) is 13.2 Å². The number of anilines is 1.